The van der Waals surface area contributed by atoms with Gasteiger partial charge >= 0.3 is 0 Å². The van der Waals surface area contributed by atoms with Gasteiger partial charge in [-0.25, -0.2) is 4.98 Å². The summed E-state index contributed by atoms with van der Waals surface area (Å²) < 4.78 is 7.70. The molecular weight excluding hydrogens is 284 g/mol. The first kappa shape index (κ1) is 12.6. The largest absolute Gasteiger partial charge is 0.458 e. The van der Waals surface area contributed by atoms with Crippen LogP contribution in [-0.4, -0.2) is 14.5 Å². The van der Waals surface area contributed by atoms with Crippen LogP contribution in [0.3, 0.4) is 0 Å². The predicted octanol–water partition coefficient (Wildman–Crippen LogP) is 3.73. The zero-order chi connectivity index (χ0) is 14.4. The van der Waals surface area contributed by atoms with Gasteiger partial charge in [0, 0.05) is 29.6 Å². The number of thiazole rings is 1. The van der Waals surface area contributed by atoms with Crippen LogP contribution < -0.4 is 0 Å². The Hall–Kier alpha value is -2.11. The maximum absolute atomic E-state index is 10.4. The third-order valence-electron chi connectivity index (χ3n) is 3.56. The van der Waals surface area contributed by atoms with Gasteiger partial charge in [-0.15, -0.1) is 11.3 Å². The molecular formula is C16H14N2O2S. The van der Waals surface area contributed by atoms with E-state index in [9.17, 15) is 5.11 Å². The number of aryl methyl sites for hydroxylation is 1. The molecule has 0 aliphatic heterocycles. The number of furan rings is 1. The highest BCUT2D eigenvalue weighted by molar-refractivity contribution is 7.15. The molecule has 5 heteroatoms. The Labute approximate surface area is 125 Å². The molecule has 4 aromatic rings. The van der Waals surface area contributed by atoms with Crippen molar-refractivity contribution in [2.45, 2.75) is 19.4 Å². The Bertz CT molecular complexity index is 890. The summed E-state index contributed by atoms with van der Waals surface area (Å²) in [6.07, 6.45) is 3.68. The van der Waals surface area contributed by atoms with Crippen molar-refractivity contribution in [1.29, 1.82) is 0 Å². The summed E-state index contributed by atoms with van der Waals surface area (Å²) in [6.45, 7) is 2.04. The highest BCUT2D eigenvalue weighted by atomic mass is 32.1. The summed E-state index contributed by atoms with van der Waals surface area (Å²) in [7, 11) is 0. The summed E-state index contributed by atoms with van der Waals surface area (Å²) in [6, 6.07) is 7.91. The summed E-state index contributed by atoms with van der Waals surface area (Å²) in [4.78, 5) is 5.43. The zero-order valence-electron chi connectivity index (χ0n) is 11.5. The van der Waals surface area contributed by atoms with Crippen LogP contribution >= 0.6 is 11.3 Å². The number of imidazole rings is 1. The second-order valence-corrected chi connectivity index (χ2v) is 6.11. The lowest BCUT2D eigenvalue weighted by atomic mass is 10.1. The number of hydrogen-bond acceptors (Lipinski definition) is 4. The van der Waals surface area contributed by atoms with Crippen molar-refractivity contribution in [2.24, 2.45) is 0 Å². The first-order chi connectivity index (χ1) is 10.2. The van der Waals surface area contributed by atoms with Crippen LogP contribution in [0.15, 0.2) is 46.5 Å². The van der Waals surface area contributed by atoms with Crippen LogP contribution in [-0.2, 0) is 6.42 Å². The molecule has 0 saturated carbocycles. The van der Waals surface area contributed by atoms with Crippen molar-refractivity contribution < 1.29 is 9.52 Å². The van der Waals surface area contributed by atoms with E-state index in [4.69, 9.17) is 4.42 Å². The summed E-state index contributed by atoms with van der Waals surface area (Å²) in [5.41, 5.74) is 2.85. The van der Waals surface area contributed by atoms with E-state index < -0.39 is 6.10 Å². The number of fused-ring (bicyclic) bond motifs is 2. The molecule has 3 aromatic heterocycles. The quantitative estimate of drug-likeness (QED) is 0.627. The molecule has 0 saturated heterocycles. The maximum atomic E-state index is 10.4. The molecule has 106 valence electrons. The van der Waals surface area contributed by atoms with Gasteiger partial charge in [0.25, 0.3) is 0 Å². The Kier molecular flexibility index (Phi) is 2.83. The molecule has 0 amide bonds. The van der Waals surface area contributed by atoms with E-state index in [2.05, 4.69) is 11.1 Å². The topological polar surface area (TPSA) is 50.7 Å². The maximum Gasteiger partial charge on any atom is 0.193 e. The molecule has 1 aromatic carbocycles. The van der Waals surface area contributed by atoms with Crippen molar-refractivity contribution >= 4 is 27.3 Å². The van der Waals surface area contributed by atoms with Crippen LogP contribution in [0.25, 0.3) is 15.9 Å². The lowest BCUT2D eigenvalue weighted by molar-refractivity contribution is 0.151. The number of benzene rings is 1. The molecule has 0 aliphatic carbocycles. The number of hydrogen-bond donors (Lipinski definition) is 1. The molecule has 0 radical (unpaired) electrons. The standard InChI is InChI=1S/C16H14N2O2S/c1-10-2-3-14-11(6-10)7-15(20-14)13(19)8-12-9-18-4-5-21-16(18)17-12/h2-7,9,13,19H,8H2,1H3. The third kappa shape index (κ3) is 2.24. The highest BCUT2D eigenvalue weighted by Crippen LogP contribution is 2.27. The van der Waals surface area contributed by atoms with Crippen molar-refractivity contribution in [3.05, 3.63) is 59.1 Å². The number of rotatable bonds is 3. The van der Waals surface area contributed by atoms with Crippen molar-refractivity contribution in [3.63, 3.8) is 0 Å². The minimum atomic E-state index is -0.678. The summed E-state index contributed by atoms with van der Waals surface area (Å²) in [5.74, 6) is 0.590. The molecule has 0 fully saturated rings. The second kappa shape index (κ2) is 4.72. The normalized spacial score (nSPS) is 13.2. The molecule has 0 spiro atoms. The zero-order valence-corrected chi connectivity index (χ0v) is 12.3. The Morgan fingerprint density at radius 1 is 1.38 bits per heavy atom. The number of aromatic nitrogens is 2. The van der Waals surface area contributed by atoms with Crippen LogP contribution in [0.5, 0.6) is 0 Å². The van der Waals surface area contributed by atoms with Gasteiger partial charge in [0.1, 0.15) is 17.4 Å². The van der Waals surface area contributed by atoms with Crippen LogP contribution in [0.1, 0.15) is 23.1 Å². The van der Waals surface area contributed by atoms with Crippen LogP contribution in [0, 0.1) is 6.92 Å². The van der Waals surface area contributed by atoms with Crippen LogP contribution in [0.4, 0.5) is 0 Å². The van der Waals surface area contributed by atoms with Gasteiger partial charge in [-0.3, -0.25) is 4.40 Å². The Morgan fingerprint density at radius 3 is 3.14 bits per heavy atom. The van der Waals surface area contributed by atoms with E-state index in [1.165, 1.54) is 5.56 Å². The van der Waals surface area contributed by atoms with E-state index in [0.717, 1.165) is 21.6 Å². The highest BCUT2D eigenvalue weighted by Gasteiger charge is 2.16. The lowest BCUT2D eigenvalue weighted by Gasteiger charge is -2.04. The van der Waals surface area contributed by atoms with E-state index in [0.29, 0.717) is 12.2 Å². The van der Waals surface area contributed by atoms with Gasteiger partial charge < -0.3 is 9.52 Å². The minimum Gasteiger partial charge on any atom is -0.458 e. The van der Waals surface area contributed by atoms with E-state index in [1.807, 2.05) is 47.3 Å². The molecule has 0 bridgehead atoms. The van der Waals surface area contributed by atoms with E-state index in [1.54, 1.807) is 11.3 Å². The first-order valence-electron chi connectivity index (χ1n) is 6.78. The minimum absolute atomic E-state index is 0.452. The molecule has 4 rings (SSSR count). The fourth-order valence-electron chi connectivity index (χ4n) is 2.52. The molecule has 1 atom stereocenters. The molecule has 4 nitrogen and oxygen atoms in total. The average Bonchev–Trinajstić information content (AvgIpc) is 3.10. The van der Waals surface area contributed by atoms with Gasteiger partial charge in [-0.2, -0.15) is 0 Å². The van der Waals surface area contributed by atoms with Gasteiger partial charge in [-0.05, 0) is 25.1 Å². The number of nitrogens with zero attached hydrogens (tertiary/aromatic N) is 2. The van der Waals surface area contributed by atoms with Crippen molar-refractivity contribution in [3.8, 4) is 0 Å². The van der Waals surface area contributed by atoms with Gasteiger partial charge in [0.15, 0.2) is 4.96 Å². The monoisotopic (exact) mass is 298 g/mol. The fourth-order valence-corrected chi connectivity index (χ4v) is 3.24. The average molecular weight is 298 g/mol. The van der Waals surface area contributed by atoms with Gasteiger partial charge in [0.05, 0.1) is 5.69 Å². The summed E-state index contributed by atoms with van der Waals surface area (Å²) in [5, 5.41) is 13.4. The smallest absolute Gasteiger partial charge is 0.193 e. The molecule has 21 heavy (non-hydrogen) atoms. The Morgan fingerprint density at radius 2 is 2.29 bits per heavy atom. The molecule has 1 N–H and O–H groups in total. The SMILES string of the molecule is Cc1ccc2oc(C(O)Cc3cn4ccsc4n3)cc2c1. The van der Waals surface area contributed by atoms with E-state index in [-0.39, 0.29) is 0 Å². The van der Waals surface area contributed by atoms with E-state index >= 15 is 0 Å². The molecule has 0 aliphatic rings. The summed E-state index contributed by atoms with van der Waals surface area (Å²) >= 11 is 1.58. The second-order valence-electron chi connectivity index (χ2n) is 5.24. The molecule has 3 heterocycles. The number of aliphatic hydroxyl groups is 1. The third-order valence-corrected chi connectivity index (χ3v) is 4.34. The van der Waals surface area contributed by atoms with Crippen molar-refractivity contribution in [2.75, 3.05) is 0 Å². The van der Waals surface area contributed by atoms with Crippen LogP contribution in [0.2, 0.25) is 0 Å². The molecule has 1 unspecified atom stereocenters. The first-order valence-corrected chi connectivity index (χ1v) is 7.66. The van der Waals surface area contributed by atoms with Crippen molar-refractivity contribution in [1.82, 2.24) is 9.38 Å². The predicted molar refractivity (Wildman–Crippen MR) is 82.7 cm³/mol. The fraction of sp³-hybridized carbons (Fsp3) is 0.188. The Balaban J connectivity index is 1.63. The van der Waals surface area contributed by atoms with Gasteiger partial charge in [-0.1, -0.05) is 11.6 Å². The lowest BCUT2D eigenvalue weighted by Crippen LogP contribution is -2.00. The number of aliphatic hydroxyl groups excluding tert-OH is 1. The van der Waals surface area contributed by atoms with Gasteiger partial charge in [0.2, 0.25) is 0 Å².